The zero-order valence-electron chi connectivity index (χ0n) is 11.6. The molecule has 0 aliphatic rings. The number of hydrogen-bond acceptors (Lipinski definition) is 1. The highest BCUT2D eigenvalue weighted by Crippen LogP contribution is 2.31. The summed E-state index contributed by atoms with van der Waals surface area (Å²) in [5, 5.41) is 0.574. The molecule has 0 amide bonds. The average Bonchev–Trinajstić information content (AvgIpc) is 2.27. The molecule has 0 radical (unpaired) electrons. The van der Waals surface area contributed by atoms with E-state index in [0.717, 1.165) is 6.42 Å². The second-order valence-corrected chi connectivity index (χ2v) is 6.56. The van der Waals surface area contributed by atoms with Gasteiger partial charge in [0.05, 0.1) is 0 Å². The first kappa shape index (κ1) is 15.6. The minimum Gasteiger partial charge on any atom is -0.370 e. The van der Waals surface area contributed by atoms with E-state index in [4.69, 9.17) is 4.74 Å². The summed E-state index contributed by atoms with van der Waals surface area (Å²) in [6.07, 6.45) is 0.948. The van der Waals surface area contributed by atoms with E-state index in [1.165, 1.54) is 6.07 Å². The van der Waals surface area contributed by atoms with Gasteiger partial charge in [-0.05, 0) is 24.8 Å². The molecule has 102 valence electrons. The van der Waals surface area contributed by atoms with Gasteiger partial charge in [-0.15, -0.1) is 0 Å². The molecule has 1 rings (SSSR count). The fourth-order valence-electron chi connectivity index (χ4n) is 1.66. The molecule has 0 N–H and O–H groups in total. The molecule has 0 aromatic heterocycles. The van der Waals surface area contributed by atoms with Crippen LogP contribution in [-0.4, -0.2) is 11.9 Å². The molecule has 0 heterocycles. The third kappa shape index (κ3) is 4.36. The minimum absolute atomic E-state index is 0.213. The maximum atomic E-state index is 13.8. The lowest BCUT2D eigenvalue weighted by Gasteiger charge is -2.30. The number of alkyl halides is 1. The first-order valence-corrected chi connectivity index (χ1v) is 7.35. The Bertz CT molecular complexity index is 386. The minimum atomic E-state index is -0.614. The van der Waals surface area contributed by atoms with Crippen LogP contribution in [0.4, 0.5) is 4.39 Å². The SMILES string of the molecule is CC(C)(C)CCOC(C)(CBr)c1ccccc1F. The second kappa shape index (κ2) is 6.16. The predicted octanol–water partition coefficient (Wildman–Crippen LogP) is 4.89. The van der Waals surface area contributed by atoms with Crippen LogP contribution in [-0.2, 0) is 10.3 Å². The van der Waals surface area contributed by atoms with Crippen LogP contribution in [0, 0.1) is 11.2 Å². The number of rotatable bonds is 5. The summed E-state index contributed by atoms with van der Waals surface area (Å²) in [5.74, 6) is -0.213. The van der Waals surface area contributed by atoms with Crippen LogP contribution < -0.4 is 0 Å². The van der Waals surface area contributed by atoms with Gasteiger partial charge < -0.3 is 4.74 Å². The van der Waals surface area contributed by atoms with E-state index < -0.39 is 5.60 Å². The molecule has 1 unspecified atom stereocenters. The molecular weight excluding hydrogens is 295 g/mol. The molecule has 0 fully saturated rings. The summed E-state index contributed by atoms with van der Waals surface area (Å²) >= 11 is 3.43. The van der Waals surface area contributed by atoms with Crippen molar-refractivity contribution in [3.05, 3.63) is 35.6 Å². The zero-order valence-corrected chi connectivity index (χ0v) is 13.2. The topological polar surface area (TPSA) is 9.23 Å². The number of hydrogen-bond donors (Lipinski definition) is 0. The summed E-state index contributed by atoms with van der Waals surface area (Å²) in [4.78, 5) is 0. The van der Waals surface area contributed by atoms with Gasteiger partial charge in [0.1, 0.15) is 11.4 Å². The Balaban J connectivity index is 2.77. The second-order valence-electron chi connectivity index (χ2n) is 6.00. The summed E-state index contributed by atoms with van der Waals surface area (Å²) in [6.45, 7) is 9.06. The molecule has 1 atom stereocenters. The lowest BCUT2D eigenvalue weighted by Crippen LogP contribution is -2.30. The molecule has 18 heavy (non-hydrogen) atoms. The van der Waals surface area contributed by atoms with Gasteiger partial charge in [-0.25, -0.2) is 4.39 Å². The van der Waals surface area contributed by atoms with Crippen LogP contribution in [0.1, 0.15) is 39.7 Å². The third-order valence-electron chi connectivity index (χ3n) is 2.97. The molecule has 0 saturated carbocycles. The Labute approximate surface area is 118 Å². The number of benzene rings is 1. The first-order valence-electron chi connectivity index (χ1n) is 6.23. The van der Waals surface area contributed by atoms with Crippen molar-refractivity contribution in [1.82, 2.24) is 0 Å². The largest absolute Gasteiger partial charge is 0.370 e. The summed E-state index contributed by atoms with van der Waals surface area (Å²) in [5.41, 5.74) is 0.217. The maximum absolute atomic E-state index is 13.8. The van der Waals surface area contributed by atoms with Crippen molar-refractivity contribution in [1.29, 1.82) is 0 Å². The molecule has 1 aromatic rings. The third-order valence-corrected chi connectivity index (χ3v) is 4.04. The fraction of sp³-hybridized carbons (Fsp3) is 0.600. The van der Waals surface area contributed by atoms with Crippen molar-refractivity contribution in [2.45, 2.75) is 39.7 Å². The Hall–Kier alpha value is -0.410. The summed E-state index contributed by atoms with van der Waals surface area (Å²) in [6, 6.07) is 6.80. The number of halogens is 2. The Morgan fingerprint density at radius 1 is 1.17 bits per heavy atom. The fourth-order valence-corrected chi connectivity index (χ4v) is 2.12. The Morgan fingerprint density at radius 2 is 1.78 bits per heavy atom. The van der Waals surface area contributed by atoms with E-state index >= 15 is 0 Å². The van der Waals surface area contributed by atoms with Gasteiger partial charge in [-0.2, -0.15) is 0 Å². The normalized spacial score (nSPS) is 15.4. The van der Waals surface area contributed by atoms with Crippen LogP contribution in [0.3, 0.4) is 0 Å². The van der Waals surface area contributed by atoms with Crippen LogP contribution in [0.5, 0.6) is 0 Å². The van der Waals surface area contributed by atoms with E-state index in [9.17, 15) is 4.39 Å². The van der Waals surface area contributed by atoms with Crippen molar-refractivity contribution in [3.63, 3.8) is 0 Å². The van der Waals surface area contributed by atoms with Crippen molar-refractivity contribution in [3.8, 4) is 0 Å². The Kier molecular flexibility index (Phi) is 5.35. The van der Waals surface area contributed by atoms with Gasteiger partial charge in [0.25, 0.3) is 0 Å². The van der Waals surface area contributed by atoms with Crippen LogP contribution in [0.15, 0.2) is 24.3 Å². The van der Waals surface area contributed by atoms with Gasteiger partial charge in [0.15, 0.2) is 0 Å². The van der Waals surface area contributed by atoms with Crippen molar-refractivity contribution in [2.24, 2.45) is 5.41 Å². The average molecular weight is 317 g/mol. The van der Waals surface area contributed by atoms with Gasteiger partial charge in [-0.3, -0.25) is 0 Å². The smallest absolute Gasteiger partial charge is 0.129 e. The molecule has 0 aliphatic carbocycles. The molecular formula is C15H22BrFO. The summed E-state index contributed by atoms with van der Waals surface area (Å²) in [7, 11) is 0. The van der Waals surface area contributed by atoms with E-state index in [1.54, 1.807) is 12.1 Å². The summed E-state index contributed by atoms with van der Waals surface area (Å²) < 4.78 is 19.8. The molecule has 1 aromatic carbocycles. The molecule has 0 saturated heterocycles. The lowest BCUT2D eigenvalue weighted by atomic mass is 9.92. The predicted molar refractivity (Wildman–Crippen MR) is 77.6 cm³/mol. The van der Waals surface area contributed by atoms with Crippen molar-refractivity contribution in [2.75, 3.05) is 11.9 Å². The van der Waals surface area contributed by atoms with Crippen molar-refractivity contribution >= 4 is 15.9 Å². The van der Waals surface area contributed by atoms with Crippen LogP contribution in [0.2, 0.25) is 0 Å². The van der Waals surface area contributed by atoms with E-state index in [1.807, 2.05) is 13.0 Å². The molecule has 0 spiro atoms. The molecule has 0 aliphatic heterocycles. The van der Waals surface area contributed by atoms with E-state index in [-0.39, 0.29) is 11.2 Å². The molecule has 3 heteroatoms. The van der Waals surface area contributed by atoms with Gasteiger partial charge in [0, 0.05) is 17.5 Å². The Morgan fingerprint density at radius 3 is 2.28 bits per heavy atom. The van der Waals surface area contributed by atoms with Gasteiger partial charge >= 0.3 is 0 Å². The maximum Gasteiger partial charge on any atom is 0.129 e. The highest BCUT2D eigenvalue weighted by Gasteiger charge is 2.29. The van der Waals surface area contributed by atoms with E-state index in [2.05, 4.69) is 36.7 Å². The number of ether oxygens (including phenoxy) is 1. The first-order chi connectivity index (χ1) is 8.28. The highest BCUT2D eigenvalue weighted by molar-refractivity contribution is 9.09. The lowest BCUT2D eigenvalue weighted by molar-refractivity contribution is -0.0293. The van der Waals surface area contributed by atoms with Crippen molar-refractivity contribution < 1.29 is 9.13 Å². The standard InChI is InChI=1S/C15H22BrFO/c1-14(2,3)9-10-18-15(4,11-16)12-7-5-6-8-13(12)17/h5-8H,9-11H2,1-4H3. The monoisotopic (exact) mass is 316 g/mol. The highest BCUT2D eigenvalue weighted by atomic mass is 79.9. The van der Waals surface area contributed by atoms with E-state index in [0.29, 0.717) is 17.5 Å². The van der Waals surface area contributed by atoms with Crippen LogP contribution >= 0.6 is 15.9 Å². The molecule has 1 nitrogen and oxygen atoms in total. The quantitative estimate of drug-likeness (QED) is 0.703. The molecule has 0 bridgehead atoms. The zero-order chi connectivity index (χ0) is 13.8. The van der Waals surface area contributed by atoms with Crippen LogP contribution in [0.25, 0.3) is 0 Å². The van der Waals surface area contributed by atoms with Gasteiger partial charge in [-0.1, -0.05) is 54.9 Å². The van der Waals surface area contributed by atoms with Gasteiger partial charge in [0.2, 0.25) is 0 Å².